The number of pyridine rings is 1. The lowest BCUT2D eigenvalue weighted by molar-refractivity contribution is 1.22. The van der Waals surface area contributed by atoms with Crippen molar-refractivity contribution in [3.05, 3.63) is 29.5 Å². The largest absolute Gasteiger partial charge is 0.384 e. The summed E-state index contributed by atoms with van der Waals surface area (Å²) in [6, 6.07) is 3.88. The lowest BCUT2D eigenvalue weighted by Crippen LogP contribution is -1.92. The molecule has 0 fully saturated rings. The molecule has 64 valence electrons. The number of hydrogen-bond acceptors (Lipinski definition) is 2. The highest BCUT2D eigenvalue weighted by atomic mass is 14.8. The van der Waals surface area contributed by atoms with E-state index in [1.807, 2.05) is 25.1 Å². The third kappa shape index (κ3) is 2.38. The van der Waals surface area contributed by atoms with E-state index in [2.05, 4.69) is 18.0 Å². The Kier molecular flexibility index (Phi) is 2.86. The molecule has 2 nitrogen and oxygen atoms in total. The van der Waals surface area contributed by atoms with Crippen molar-refractivity contribution in [3.8, 4) is 0 Å². The lowest BCUT2D eigenvalue weighted by Gasteiger charge is -1.98. The van der Waals surface area contributed by atoms with Gasteiger partial charge in [-0.1, -0.05) is 13.0 Å². The molecule has 12 heavy (non-hydrogen) atoms. The van der Waals surface area contributed by atoms with Crippen molar-refractivity contribution in [1.29, 1.82) is 0 Å². The molecule has 1 aromatic rings. The fourth-order valence-corrected chi connectivity index (χ4v) is 1.05. The number of aryl methyl sites for hydroxylation is 1. The summed E-state index contributed by atoms with van der Waals surface area (Å²) in [5.74, 6) is 0.589. The van der Waals surface area contributed by atoms with Crippen LogP contribution in [0.5, 0.6) is 0 Å². The molecule has 0 saturated heterocycles. The normalized spacial score (nSPS) is 10.8. The molecule has 0 bridgehead atoms. The number of anilines is 1. The molecule has 2 N–H and O–H groups in total. The Morgan fingerprint density at radius 3 is 2.83 bits per heavy atom. The average Bonchev–Trinajstić information content (AvgIpc) is 1.99. The average molecular weight is 162 g/mol. The molecule has 0 aliphatic heterocycles. The van der Waals surface area contributed by atoms with Crippen LogP contribution in [0.4, 0.5) is 5.82 Å². The van der Waals surface area contributed by atoms with Gasteiger partial charge in [0.1, 0.15) is 5.82 Å². The van der Waals surface area contributed by atoms with Crippen molar-refractivity contribution < 1.29 is 0 Å². The second-order valence-corrected chi connectivity index (χ2v) is 2.80. The highest BCUT2D eigenvalue weighted by Crippen LogP contribution is 2.07. The Bertz CT molecular complexity index is 270. The van der Waals surface area contributed by atoms with E-state index in [1.165, 1.54) is 0 Å². The maximum Gasteiger partial charge on any atom is 0.124 e. The standard InChI is InChI=1S/C10H14N2/c1-3-4-5-9-6-8(2)7-10(11)12-9/h4-7H,3H2,1-2H3,(H2,11,12). The smallest absolute Gasteiger partial charge is 0.124 e. The Morgan fingerprint density at radius 1 is 1.50 bits per heavy atom. The molecule has 1 heterocycles. The summed E-state index contributed by atoms with van der Waals surface area (Å²) in [7, 11) is 0. The summed E-state index contributed by atoms with van der Waals surface area (Å²) in [5, 5.41) is 0. The summed E-state index contributed by atoms with van der Waals surface area (Å²) < 4.78 is 0. The molecule has 0 radical (unpaired) electrons. The second kappa shape index (κ2) is 3.90. The van der Waals surface area contributed by atoms with Gasteiger partial charge < -0.3 is 5.73 Å². The Labute approximate surface area is 73.1 Å². The highest BCUT2D eigenvalue weighted by molar-refractivity contribution is 5.49. The van der Waals surface area contributed by atoms with Crippen LogP contribution in [-0.4, -0.2) is 4.98 Å². The molecule has 0 saturated carbocycles. The minimum Gasteiger partial charge on any atom is -0.384 e. The van der Waals surface area contributed by atoms with Gasteiger partial charge in [-0.25, -0.2) is 4.98 Å². The van der Waals surface area contributed by atoms with Crippen molar-refractivity contribution in [3.63, 3.8) is 0 Å². The molecule has 0 spiro atoms. The van der Waals surface area contributed by atoms with Gasteiger partial charge in [0.25, 0.3) is 0 Å². The van der Waals surface area contributed by atoms with Gasteiger partial charge in [0, 0.05) is 0 Å². The molecule has 2 heteroatoms. The van der Waals surface area contributed by atoms with E-state index in [-0.39, 0.29) is 0 Å². The van der Waals surface area contributed by atoms with Gasteiger partial charge in [0.05, 0.1) is 5.69 Å². The van der Waals surface area contributed by atoms with E-state index in [1.54, 1.807) is 0 Å². The zero-order valence-corrected chi connectivity index (χ0v) is 7.54. The zero-order valence-electron chi connectivity index (χ0n) is 7.54. The summed E-state index contributed by atoms with van der Waals surface area (Å²) in [4.78, 5) is 4.16. The summed E-state index contributed by atoms with van der Waals surface area (Å²) >= 11 is 0. The Balaban J connectivity index is 2.93. The first-order valence-corrected chi connectivity index (χ1v) is 4.13. The molecule has 1 aromatic heterocycles. The van der Waals surface area contributed by atoms with E-state index in [4.69, 9.17) is 5.73 Å². The van der Waals surface area contributed by atoms with Crippen LogP contribution in [0.25, 0.3) is 6.08 Å². The maximum atomic E-state index is 5.59. The molecule has 0 aliphatic rings. The predicted octanol–water partition coefficient (Wildman–Crippen LogP) is 2.40. The van der Waals surface area contributed by atoms with Crippen LogP contribution < -0.4 is 5.73 Å². The van der Waals surface area contributed by atoms with Gasteiger partial charge >= 0.3 is 0 Å². The number of rotatable bonds is 2. The van der Waals surface area contributed by atoms with Crippen molar-refractivity contribution in [1.82, 2.24) is 4.98 Å². The van der Waals surface area contributed by atoms with Crippen LogP contribution in [0.1, 0.15) is 24.6 Å². The van der Waals surface area contributed by atoms with Gasteiger partial charge in [-0.05, 0) is 37.1 Å². The van der Waals surface area contributed by atoms with Crippen molar-refractivity contribution in [2.24, 2.45) is 0 Å². The molecule has 0 aliphatic carbocycles. The zero-order chi connectivity index (χ0) is 8.97. The number of allylic oxidation sites excluding steroid dienone is 1. The van der Waals surface area contributed by atoms with E-state index in [0.29, 0.717) is 5.82 Å². The van der Waals surface area contributed by atoms with Gasteiger partial charge in [-0.2, -0.15) is 0 Å². The van der Waals surface area contributed by atoms with Crippen molar-refractivity contribution in [2.45, 2.75) is 20.3 Å². The summed E-state index contributed by atoms with van der Waals surface area (Å²) in [6.07, 6.45) is 5.08. The third-order valence-electron chi connectivity index (χ3n) is 1.53. The molecular formula is C10H14N2. The number of nitrogens with two attached hydrogens (primary N) is 1. The number of nitrogens with zero attached hydrogens (tertiary/aromatic N) is 1. The van der Waals surface area contributed by atoms with Crippen LogP contribution in [0.15, 0.2) is 18.2 Å². The topological polar surface area (TPSA) is 38.9 Å². The number of nitrogen functional groups attached to an aromatic ring is 1. The van der Waals surface area contributed by atoms with Crippen LogP contribution in [0, 0.1) is 6.92 Å². The van der Waals surface area contributed by atoms with Crippen LogP contribution in [-0.2, 0) is 0 Å². The fraction of sp³-hybridized carbons (Fsp3) is 0.300. The SMILES string of the molecule is CCC=Cc1cc(C)cc(N)n1. The van der Waals surface area contributed by atoms with Crippen LogP contribution in [0.2, 0.25) is 0 Å². The van der Waals surface area contributed by atoms with E-state index in [9.17, 15) is 0 Å². The minimum absolute atomic E-state index is 0.589. The van der Waals surface area contributed by atoms with Crippen LogP contribution >= 0.6 is 0 Å². The number of aromatic nitrogens is 1. The first kappa shape index (κ1) is 8.78. The van der Waals surface area contributed by atoms with Gasteiger partial charge in [0.2, 0.25) is 0 Å². The predicted molar refractivity (Wildman–Crippen MR) is 52.7 cm³/mol. The highest BCUT2D eigenvalue weighted by Gasteiger charge is 1.92. The molecule has 0 aromatic carbocycles. The minimum atomic E-state index is 0.589. The number of hydrogen-bond donors (Lipinski definition) is 1. The van der Waals surface area contributed by atoms with E-state index in [0.717, 1.165) is 17.7 Å². The van der Waals surface area contributed by atoms with Crippen LogP contribution in [0.3, 0.4) is 0 Å². The first-order valence-electron chi connectivity index (χ1n) is 4.13. The fourth-order valence-electron chi connectivity index (χ4n) is 1.05. The van der Waals surface area contributed by atoms with Gasteiger partial charge in [0.15, 0.2) is 0 Å². The van der Waals surface area contributed by atoms with E-state index < -0.39 is 0 Å². The molecule has 1 rings (SSSR count). The molecule has 0 atom stereocenters. The lowest BCUT2D eigenvalue weighted by atomic mass is 10.2. The summed E-state index contributed by atoms with van der Waals surface area (Å²) in [5.41, 5.74) is 7.68. The first-order chi connectivity index (χ1) is 5.72. The van der Waals surface area contributed by atoms with Gasteiger partial charge in [-0.3, -0.25) is 0 Å². The monoisotopic (exact) mass is 162 g/mol. The Morgan fingerprint density at radius 2 is 2.25 bits per heavy atom. The molecular weight excluding hydrogens is 148 g/mol. The molecule has 0 unspecified atom stereocenters. The second-order valence-electron chi connectivity index (χ2n) is 2.80. The molecule has 0 amide bonds. The quantitative estimate of drug-likeness (QED) is 0.725. The summed E-state index contributed by atoms with van der Waals surface area (Å²) in [6.45, 7) is 4.11. The van der Waals surface area contributed by atoms with Gasteiger partial charge in [-0.15, -0.1) is 0 Å². The third-order valence-corrected chi connectivity index (χ3v) is 1.53. The van der Waals surface area contributed by atoms with E-state index >= 15 is 0 Å². The maximum absolute atomic E-state index is 5.59. The van der Waals surface area contributed by atoms with Crippen molar-refractivity contribution in [2.75, 3.05) is 5.73 Å². The Hall–Kier alpha value is -1.31. The van der Waals surface area contributed by atoms with Crippen molar-refractivity contribution >= 4 is 11.9 Å².